The van der Waals surface area contributed by atoms with Crippen LogP contribution >= 0.6 is 0 Å². The van der Waals surface area contributed by atoms with Crippen molar-refractivity contribution in [3.05, 3.63) is 71.4 Å². The third kappa shape index (κ3) is 5.13. The first-order chi connectivity index (χ1) is 12.3. The highest BCUT2D eigenvalue weighted by Gasteiger charge is 2.09. The number of hydrogen-bond donors (Lipinski definition) is 1. The molecule has 0 aliphatic heterocycles. The maximum absolute atomic E-state index is 9.14. The molecule has 2 aromatic rings. The molecule has 0 fully saturated rings. The molecule has 0 bridgehead atoms. The Balaban J connectivity index is 2.01. The van der Waals surface area contributed by atoms with Crippen LogP contribution in [0.2, 0.25) is 0 Å². The standard InChI is InChI=1S/C20H16N4O/c21-13-17(14-22)19(15-23)24-18-10-4-5-11-20(18)25-12-6-9-16-7-2-1-3-8-16/h1-5,7-8,10-11,24H,6,9,12H2. The lowest BCUT2D eigenvalue weighted by Gasteiger charge is -2.12. The van der Waals surface area contributed by atoms with Crippen molar-refractivity contribution in [2.75, 3.05) is 11.9 Å². The van der Waals surface area contributed by atoms with E-state index < -0.39 is 0 Å². The summed E-state index contributed by atoms with van der Waals surface area (Å²) in [4.78, 5) is 0. The molecule has 0 saturated carbocycles. The summed E-state index contributed by atoms with van der Waals surface area (Å²) >= 11 is 0. The fraction of sp³-hybridized carbons (Fsp3) is 0.150. The summed E-state index contributed by atoms with van der Waals surface area (Å²) in [5, 5.41) is 29.8. The van der Waals surface area contributed by atoms with Gasteiger partial charge in [-0.05, 0) is 30.5 Å². The number of nitriles is 3. The highest BCUT2D eigenvalue weighted by Crippen LogP contribution is 2.26. The molecule has 0 aliphatic rings. The van der Waals surface area contributed by atoms with Crippen molar-refractivity contribution >= 4 is 5.69 Å². The first-order valence-corrected chi connectivity index (χ1v) is 7.76. The van der Waals surface area contributed by atoms with E-state index in [4.69, 9.17) is 20.5 Å². The first-order valence-electron chi connectivity index (χ1n) is 7.76. The smallest absolute Gasteiger partial charge is 0.163 e. The zero-order valence-corrected chi connectivity index (χ0v) is 13.6. The molecule has 0 saturated heterocycles. The van der Waals surface area contributed by atoms with Crippen LogP contribution in [0.25, 0.3) is 0 Å². The zero-order valence-electron chi connectivity index (χ0n) is 13.6. The number of hydrogen-bond acceptors (Lipinski definition) is 5. The summed E-state index contributed by atoms with van der Waals surface area (Å²) in [6.07, 6.45) is 1.76. The highest BCUT2D eigenvalue weighted by atomic mass is 16.5. The highest BCUT2D eigenvalue weighted by molar-refractivity contribution is 5.64. The molecule has 0 spiro atoms. The van der Waals surface area contributed by atoms with E-state index >= 15 is 0 Å². The van der Waals surface area contributed by atoms with Gasteiger partial charge in [-0.15, -0.1) is 0 Å². The molecule has 1 N–H and O–H groups in total. The Morgan fingerprint density at radius 3 is 2.24 bits per heavy atom. The van der Waals surface area contributed by atoms with Crippen LogP contribution in [-0.2, 0) is 6.42 Å². The zero-order chi connectivity index (χ0) is 17.9. The van der Waals surface area contributed by atoms with Gasteiger partial charge in [0.1, 0.15) is 29.7 Å². The summed E-state index contributed by atoms with van der Waals surface area (Å²) < 4.78 is 5.79. The Morgan fingerprint density at radius 1 is 0.880 bits per heavy atom. The second-order valence-corrected chi connectivity index (χ2v) is 5.14. The van der Waals surface area contributed by atoms with Crippen molar-refractivity contribution in [3.63, 3.8) is 0 Å². The molecule has 0 heterocycles. The van der Waals surface area contributed by atoms with Crippen LogP contribution in [-0.4, -0.2) is 6.61 Å². The quantitative estimate of drug-likeness (QED) is 0.614. The summed E-state index contributed by atoms with van der Waals surface area (Å²) in [6, 6.07) is 22.5. The van der Waals surface area contributed by atoms with Gasteiger partial charge in [-0.25, -0.2) is 0 Å². The fourth-order valence-electron chi connectivity index (χ4n) is 2.22. The van der Waals surface area contributed by atoms with E-state index in [-0.39, 0.29) is 11.3 Å². The molecule has 0 aromatic heterocycles. The maximum Gasteiger partial charge on any atom is 0.163 e. The minimum Gasteiger partial charge on any atom is -0.491 e. The van der Waals surface area contributed by atoms with Gasteiger partial charge in [0.15, 0.2) is 5.57 Å². The Bertz CT molecular complexity index is 851. The van der Waals surface area contributed by atoms with E-state index in [2.05, 4.69) is 17.4 Å². The lowest BCUT2D eigenvalue weighted by Crippen LogP contribution is -2.05. The lowest BCUT2D eigenvalue weighted by atomic mass is 10.1. The number of nitrogens with one attached hydrogen (secondary N) is 1. The lowest BCUT2D eigenvalue weighted by molar-refractivity contribution is 0.312. The van der Waals surface area contributed by atoms with Crippen LogP contribution in [0, 0.1) is 34.0 Å². The van der Waals surface area contributed by atoms with Crippen LogP contribution in [0.15, 0.2) is 65.9 Å². The average molecular weight is 328 g/mol. The number of allylic oxidation sites excluding steroid dienone is 2. The minimum atomic E-state index is -0.263. The van der Waals surface area contributed by atoms with Crippen molar-refractivity contribution in [3.8, 4) is 24.0 Å². The third-order valence-electron chi connectivity index (χ3n) is 3.44. The fourth-order valence-corrected chi connectivity index (χ4v) is 2.22. The molecule has 2 rings (SSSR count). The molecule has 0 aliphatic carbocycles. The predicted molar refractivity (Wildman–Crippen MR) is 94.2 cm³/mol. The summed E-state index contributed by atoms with van der Waals surface area (Å²) in [5.41, 5.74) is 1.44. The van der Waals surface area contributed by atoms with Crippen LogP contribution in [0.3, 0.4) is 0 Å². The van der Waals surface area contributed by atoms with Crippen LogP contribution in [0.4, 0.5) is 5.69 Å². The van der Waals surface area contributed by atoms with Gasteiger partial charge in [0, 0.05) is 0 Å². The Hall–Kier alpha value is -3.75. The molecular formula is C20H16N4O. The van der Waals surface area contributed by atoms with Gasteiger partial charge in [0.25, 0.3) is 0 Å². The van der Waals surface area contributed by atoms with Gasteiger partial charge < -0.3 is 10.1 Å². The molecule has 122 valence electrons. The van der Waals surface area contributed by atoms with Gasteiger partial charge in [0.05, 0.1) is 12.3 Å². The van der Waals surface area contributed by atoms with Gasteiger partial charge in [-0.1, -0.05) is 42.5 Å². The first kappa shape index (κ1) is 17.6. The summed E-state index contributed by atoms with van der Waals surface area (Å²) in [6.45, 7) is 0.516. The monoisotopic (exact) mass is 328 g/mol. The second-order valence-electron chi connectivity index (χ2n) is 5.14. The van der Waals surface area contributed by atoms with Gasteiger partial charge in [-0.2, -0.15) is 15.8 Å². The molecule has 5 heteroatoms. The number of rotatable bonds is 7. The maximum atomic E-state index is 9.14. The predicted octanol–water partition coefficient (Wildman–Crippen LogP) is 3.93. The number of aryl methyl sites for hydroxylation is 1. The molecule has 0 radical (unpaired) electrons. The SMILES string of the molecule is N#CC(C#N)=C(C#N)Nc1ccccc1OCCCc1ccccc1. The van der Waals surface area contributed by atoms with Crippen LogP contribution < -0.4 is 10.1 Å². The Labute approximate surface area is 147 Å². The number of para-hydroxylation sites is 2. The summed E-state index contributed by atoms with van der Waals surface area (Å²) in [7, 11) is 0. The number of anilines is 1. The largest absolute Gasteiger partial charge is 0.491 e. The third-order valence-corrected chi connectivity index (χ3v) is 3.44. The van der Waals surface area contributed by atoms with E-state index in [9.17, 15) is 0 Å². The summed E-state index contributed by atoms with van der Waals surface area (Å²) in [5.74, 6) is 0.568. The average Bonchev–Trinajstić information content (AvgIpc) is 2.67. The van der Waals surface area contributed by atoms with Crippen molar-refractivity contribution < 1.29 is 4.74 Å². The van der Waals surface area contributed by atoms with Gasteiger partial charge >= 0.3 is 0 Å². The van der Waals surface area contributed by atoms with E-state index in [1.807, 2.05) is 30.3 Å². The normalized spacial score (nSPS) is 9.16. The number of ether oxygens (including phenoxy) is 1. The molecule has 0 unspecified atom stereocenters. The van der Waals surface area contributed by atoms with E-state index in [0.29, 0.717) is 18.0 Å². The van der Waals surface area contributed by atoms with Crippen LogP contribution in [0.5, 0.6) is 5.75 Å². The van der Waals surface area contributed by atoms with Crippen molar-refractivity contribution in [1.29, 1.82) is 15.8 Å². The molecule has 2 aromatic carbocycles. The van der Waals surface area contributed by atoms with Gasteiger partial charge in [0.2, 0.25) is 0 Å². The van der Waals surface area contributed by atoms with Crippen molar-refractivity contribution in [2.45, 2.75) is 12.8 Å². The van der Waals surface area contributed by atoms with Crippen LogP contribution in [0.1, 0.15) is 12.0 Å². The second kappa shape index (κ2) is 9.40. The van der Waals surface area contributed by atoms with E-state index in [1.165, 1.54) is 5.56 Å². The van der Waals surface area contributed by atoms with E-state index in [0.717, 1.165) is 12.8 Å². The Kier molecular flexibility index (Phi) is 6.62. The molecule has 5 nitrogen and oxygen atoms in total. The number of benzene rings is 2. The van der Waals surface area contributed by atoms with E-state index in [1.54, 1.807) is 30.3 Å². The minimum absolute atomic E-state index is 0.0923. The van der Waals surface area contributed by atoms with Gasteiger partial charge in [-0.3, -0.25) is 0 Å². The topological polar surface area (TPSA) is 92.6 Å². The molecule has 0 atom stereocenters. The van der Waals surface area contributed by atoms with Crippen molar-refractivity contribution in [1.82, 2.24) is 0 Å². The molecular weight excluding hydrogens is 312 g/mol. The Morgan fingerprint density at radius 2 is 1.56 bits per heavy atom. The molecule has 0 amide bonds. The number of nitrogens with zero attached hydrogens (tertiary/aromatic N) is 3. The van der Waals surface area contributed by atoms with Crippen molar-refractivity contribution in [2.24, 2.45) is 0 Å². The molecule has 25 heavy (non-hydrogen) atoms.